The third-order valence-electron chi connectivity index (χ3n) is 4.15. The van der Waals surface area contributed by atoms with E-state index >= 15 is 0 Å². The highest BCUT2D eigenvalue weighted by molar-refractivity contribution is 5.43. The van der Waals surface area contributed by atoms with Crippen molar-refractivity contribution in [3.8, 4) is 5.88 Å². The van der Waals surface area contributed by atoms with Gasteiger partial charge in [-0.05, 0) is 39.0 Å². The average molecular weight is 276 g/mol. The molecule has 3 rings (SSSR count). The van der Waals surface area contributed by atoms with Gasteiger partial charge in [0.1, 0.15) is 11.6 Å². The predicted octanol–water partition coefficient (Wildman–Crippen LogP) is 1.90. The topological polar surface area (TPSA) is 50.3 Å². The van der Waals surface area contributed by atoms with Crippen molar-refractivity contribution in [1.29, 1.82) is 0 Å². The molecule has 1 aromatic rings. The lowest BCUT2D eigenvalue weighted by atomic mass is 10.0. The summed E-state index contributed by atoms with van der Waals surface area (Å²) in [6.07, 6.45) is 6.48. The zero-order chi connectivity index (χ0) is 13.9. The van der Waals surface area contributed by atoms with Gasteiger partial charge in [-0.3, -0.25) is 0 Å². The number of hydrogen-bond donors (Lipinski definition) is 1. The van der Waals surface area contributed by atoms with Crippen LogP contribution in [0.3, 0.4) is 0 Å². The number of methoxy groups -OCH3 is 1. The molecule has 0 aromatic carbocycles. The van der Waals surface area contributed by atoms with Gasteiger partial charge in [-0.2, -0.15) is 4.98 Å². The number of aromatic nitrogens is 2. The molecule has 1 N–H and O–H groups in total. The number of aryl methyl sites for hydroxylation is 1. The summed E-state index contributed by atoms with van der Waals surface area (Å²) in [7, 11) is 1.66. The van der Waals surface area contributed by atoms with E-state index in [1.807, 2.05) is 13.0 Å². The van der Waals surface area contributed by atoms with Gasteiger partial charge in [0.25, 0.3) is 0 Å². The molecule has 1 unspecified atom stereocenters. The fourth-order valence-electron chi connectivity index (χ4n) is 2.88. The molecule has 1 saturated carbocycles. The molecule has 0 spiro atoms. The summed E-state index contributed by atoms with van der Waals surface area (Å²) < 4.78 is 5.28. The smallest absolute Gasteiger partial charge is 0.218 e. The molecule has 1 aliphatic carbocycles. The van der Waals surface area contributed by atoms with Gasteiger partial charge in [0.05, 0.1) is 7.11 Å². The molecule has 0 radical (unpaired) electrons. The number of ether oxygens (including phenoxy) is 1. The Morgan fingerprint density at radius 1 is 1.30 bits per heavy atom. The van der Waals surface area contributed by atoms with E-state index in [4.69, 9.17) is 4.74 Å². The van der Waals surface area contributed by atoms with Crippen LogP contribution in [0.4, 0.5) is 5.82 Å². The van der Waals surface area contributed by atoms with Gasteiger partial charge in [-0.25, -0.2) is 4.98 Å². The lowest BCUT2D eigenvalue weighted by Gasteiger charge is -2.37. The molecule has 20 heavy (non-hydrogen) atoms. The Morgan fingerprint density at radius 2 is 2.15 bits per heavy atom. The first-order chi connectivity index (χ1) is 9.76. The summed E-state index contributed by atoms with van der Waals surface area (Å²) in [4.78, 5) is 11.3. The Kier molecular flexibility index (Phi) is 4.05. The van der Waals surface area contributed by atoms with Crippen molar-refractivity contribution >= 4 is 5.82 Å². The van der Waals surface area contributed by atoms with E-state index in [9.17, 15) is 0 Å². The SMILES string of the molecule is COc1cc(N2CCCCC2CNC2CC2)nc(C)n1. The lowest BCUT2D eigenvalue weighted by molar-refractivity contribution is 0.393. The first-order valence-electron chi connectivity index (χ1n) is 7.66. The first-order valence-corrected chi connectivity index (χ1v) is 7.66. The molecule has 1 aliphatic heterocycles. The maximum absolute atomic E-state index is 5.28. The van der Waals surface area contributed by atoms with Gasteiger partial charge in [0.2, 0.25) is 5.88 Å². The highest BCUT2D eigenvalue weighted by Gasteiger charge is 2.27. The van der Waals surface area contributed by atoms with E-state index < -0.39 is 0 Å². The maximum atomic E-state index is 5.28. The molecule has 0 amide bonds. The number of anilines is 1. The highest BCUT2D eigenvalue weighted by Crippen LogP contribution is 2.26. The van der Waals surface area contributed by atoms with Crippen LogP contribution in [0.5, 0.6) is 5.88 Å². The van der Waals surface area contributed by atoms with Crippen LogP contribution in [0.15, 0.2) is 6.07 Å². The largest absolute Gasteiger partial charge is 0.481 e. The summed E-state index contributed by atoms with van der Waals surface area (Å²) in [5, 5.41) is 3.65. The minimum atomic E-state index is 0.545. The van der Waals surface area contributed by atoms with Crippen LogP contribution >= 0.6 is 0 Å². The fraction of sp³-hybridized carbons (Fsp3) is 0.733. The molecule has 1 atom stereocenters. The third kappa shape index (κ3) is 3.20. The molecule has 2 heterocycles. The normalized spacial score (nSPS) is 22.9. The molecule has 2 fully saturated rings. The quantitative estimate of drug-likeness (QED) is 0.890. The van der Waals surface area contributed by atoms with E-state index in [-0.39, 0.29) is 0 Å². The van der Waals surface area contributed by atoms with Crippen LogP contribution in [0.25, 0.3) is 0 Å². The Hall–Kier alpha value is -1.36. The van der Waals surface area contributed by atoms with Crippen molar-refractivity contribution in [1.82, 2.24) is 15.3 Å². The summed E-state index contributed by atoms with van der Waals surface area (Å²) in [5.74, 6) is 2.45. The summed E-state index contributed by atoms with van der Waals surface area (Å²) in [6, 6.07) is 3.27. The molecule has 5 heteroatoms. The lowest BCUT2D eigenvalue weighted by Crippen LogP contribution is -2.46. The monoisotopic (exact) mass is 276 g/mol. The van der Waals surface area contributed by atoms with Gasteiger partial charge >= 0.3 is 0 Å². The van der Waals surface area contributed by atoms with E-state index in [2.05, 4.69) is 20.2 Å². The van der Waals surface area contributed by atoms with Crippen LogP contribution in [-0.4, -0.2) is 42.3 Å². The van der Waals surface area contributed by atoms with Crippen molar-refractivity contribution in [3.63, 3.8) is 0 Å². The second kappa shape index (κ2) is 5.95. The van der Waals surface area contributed by atoms with E-state index in [0.29, 0.717) is 11.9 Å². The molecule has 1 saturated heterocycles. The molecule has 0 bridgehead atoms. The summed E-state index contributed by atoms with van der Waals surface area (Å²) >= 11 is 0. The van der Waals surface area contributed by atoms with E-state index in [0.717, 1.165) is 30.8 Å². The highest BCUT2D eigenvalue weighted by atomic mass is 16.5. The van der Waals surface area contributed by atoms with Gasteiger partial charge in [0.15, 0.2) is 0 Å². The van der Waals surface area contributed by atoms with Crippen LogP contribution in [0.2, 0.25) is 0 Å². The molecule has 1 aromatic heterocycles. The minimum absolute atomic E-state index is 0.545. The second-order valence-electron chi connectivity index (χ2n) is 5.84. The number of nitrogens with zero attached hydrogens (tertiary/aromatic N) is 3. The van der Waals surface area contributed by atoms with Gasteiger partial charge < -0.3 is 15.0 Å². The minimum Gasteiger partial charge on any atom is -0.481 e. The number of hydrogen-bond acceptors (Lipinski definition) is 5. The zero-order valence-corrected chi connectivity index (χ0v) is 12.4. The molecule has 110 valence electrons. The second-order valence-corrected chi connectivity index (χ2v) is 5.84. The third-order valence-corrected chi connectivity index (χ3v) is 4.15. The van der Waals surface area contributed by atoms with Crippen molar-refractivity contribution < 1.29 is 4.74 Å². The number of nitrogens with one attached hydrogen (secondary N) is 1. The first kappa shape index (κ1) is 13.6. The molecular weight excluding hydrogens is 252 g/mol. The van der Waals surface area contributed by atoms with Crippen LogP contribution < -0.4 is 15.0 Å². The van der Waals surface area contributed by atoms with Gasteiger partial charge in [0, 0.05) is 31.2 Å². The van der Waals surface area contributed by atoms with Crippen LogP contribution in [0.1, 0.15) is 37.9 Å². The summed E-state index contributed by atoms with van der Waals surface area (Å²) in [6.45, 7) is 4.07. The Bertz CT molecular complexity index is 461. The summed E-state index contributed by atoms with van der Waals surface area (Å²) in [5.41, 5.74) is 0. The van der Waals surface area contributed by atoms with Crippen molar-refractivity contribution in [3.05, 3.63) is 11.9 Å². The predicted molar refractivity (Wildman–Crippen MR) is 79.3 cm³/mol. The standard InChI is InChI=1S/C15H24N4O/c1-11-17-14(9-15(18-11)20-2)19-8-4-3-5-13(19)10-16-12-6-7-12/h9,12-13,16H,3-8,10H2,1-2H3. The number of rotatable bonds is 5. The van der Waals surface area contributed by atoms with E-state index in [1.165, 1.54) is 32.1 Å². The Labute approximate surface area is 120 Å². The number of piperidine rings is 1. The molecule has 5 nitrogen and oxygen atoms in total. The van der Waals surface area contributed by atoms with Crippen LogP contribution in [-0.2, 0) is 0 Å². The Balaban J connectivity index is 1.75. The van der Waals surface area contributed by atoms with Crippen molar-refractivity contribution in [2.45, 2.75) is 51.1 Å². The molecular formula is C15H24N4O. The van der Waals surface area contributed by atoms with Gasteiger partial charge in [-0.1, -0.05) is 0 Å². The van der Waals surface area contributed by atoms with Crippen molar-refractivity contribution in [2.75, 3.05) is 25.1 Å². The van der Waals surface area contributed by atoms with Crippen LogP contribution in [0, 0.1) is 6.92 Å². The fourth-order valence-corrected chi connectivity index (χ4v) is 2.88. The van der Waals surface area contributed by atoms with Crippen molar-refractivity contribution in [2.24, 2.45) is 0 Å². The zero-order valence-electron chi connectivity index (χ0n) is 12.4. The maximum Gasteiger partial charge on any atom is 0.218 e. The van der Waals surface area contributed by atoms with Gasteiger partial charge in [-0.15, -0.1) is 0 Å². The molecule has 2 aliphatic rings. The Morgan fingerprint density at radius 3 is 2.90 bits per heavy atom. The average Bonchev–Trinajstić information content (AvgIpc) is 3.29. The van der Waals surface area contributed by atoms with E-state index in [1.54, 1.807) is 7.11 Å².